The van der Waals surface area contributed by atoms with Crippen molar-refractivity contribution in [1.82, 2.24) is 15.5 Å². The van der Waals surface area contributed by atoms with Gasteiger partial charge >= 0.3 is 6.09 Å². The fraction of sp³-hybridized carbons (Fsp3) is 0.577. The fourth-order valence-electron chi connectivity index (χ4n) is 3.35. The van der Waals surface area contributed by atoms with Gasteiger partial charge in [-0.3, -0.25) is 14.5 Å². The van der Waals surface area contributed by atoms with E-state index in [4.69, 9.17) is 11.2 Å². The van der Waals surface area contributed by atoms with Gasteiger partial charge in [-0.15, -0.1) is 0 Å². The molecule has 0 bridgehead atoms. The number of thioether (sulfide) groups is 1. The molecule has 2 atom stereocenters. The summed E-state index contributed by atoms with van der Waals surface area (Å²) in [6, 6.07) is 7.80. The lowest BCUT2D eigenvalue weighted by Gasteiger charge is -2.31. The average molecular weight is 490 g/mol. The summed E-state index contributed by atoms with van der Waals surface area (Å²) >= 11 is 1.54. The molecule has 1 rings (SSSR count). The van der Waals surface area contributed by atoms with Crippen molar-refractivity contribution in [3.05, 3.63) is 35.4 Å². The van der Waals surface area contributed by atoms with Gasteiger partial charge < -0.3 is 15.4 Å². The quantitative estimate of drug-likeness (QED) is 0.258. The number of terminal acetylenes is 1. The Balaban J connectivity index is 3.27. The van der Waals surface area contributed by atoms with Crippen molar-refractivity contribution >= 4 is 29.7 Å². The molecule has 0 aromatic heterocycles. The first-order chi connectivity index (χ1) is 16.1. The number of hydrogen-bond acceptors (Lipinski definition) is 5. The highest BCUT2D eigenvalue weighted by atomic mass is 32.2. The van der Waals surface area contributed by atoms with Crippen LogP contribution in [0.3, 0.4) is 0 Å². The Labute approximate surface area is 208 Å². The second-order valence-electron chi connectivity index (χ2n) is 9.07. The number of aryl methyl sites for hydroxylation is 1. The highest BCUT2D eigenvalue weighted by molar-refractivity contribution is 7.98. The van der Waals surface area contributed by atoms with Crippen LogP contribution >= 0.6 is 11.8 Å². The number of ether oxygens (including phenoxy) is 1. The minimum atomic E-state index is -1.02. The van der Waals surface area contributed by atoms with Gasteiger partial charge in [0.2, 0.25) is 5.91 Å². The largest absolute Gasteiger partial charge is 0.444 e. The zero-order valence-corrected chi connectivity index (χ0v) is 22.1. The molecule has 0 spiro atoms. The molecule has 188 valence electrons. The summed E-state index contributed by atoms with van der Waals surface area (Å²) in [5.74, 6) is -0.264. The van der Waals surface area contributed by atoms with Crippen molar-refractivity contribution in [2.75, 3.05) is 18.6 Å². The summed E-state index contributed by atoms with van der Waals surface area (Å²) < 4.78 is 5.34. The molecule has 2 N–H and O–H groups in total. The van der Waals surface area contributed by atoms with Crippen molar-refractivity contribution in [3.63, 3.8) is 0 Å². The van der Waals surface area contributed by atoms with E-state index in [9.17, 15) is 14.4 Å². The number of benzene rings is 1. The Morgan fingerprint density at radius 3 is 2.44 bits per heavy atom. The predicted octanol–water partition coefficient (Wildman–Crippen LogP) is 4.41. The third-order valence-electron chi connectivity index (χ3n) is 5.05. The van der Waals surface area contributed by atoms with Crippen molar-refractivity contribution in [2.45, 2.75) is 78.0 Å². The summed E-state index contributed by atoms with van der Waals surface area (Å²) in [6.45, 7) is 9.69. The van der Waals surface area contributed by atoms with Gasteiger partial charge in [-0.2, -0.15) is 11.8 Å². The maximum atomic E-state index is 13.6. The van der Waals surface area contributed by atoms with E-state index in [1.165, 1.54) is 0 Å². The smallest absolute Gasteiger partial charge is 0.408 e. The van der Waals surface area contributed by atoms with E-state index in [0.717, 1.165) is 29.7 Å². The zero-order valence-electron chi connectivity index (χ0n) is 21.3. The van der Waals surface area contributed by atoms with Crippen molar-refractivity contribution in [1.29, 1.82) is 0 Å². The Hall–Kier alpha value is -2.66. The molecular formula is C26H39N3O4S. The van der Waals surface area contributed by atoms with E-state index < -0.39 is 29.7 Å². The molecular weight excluding hydrogens is 450 g/mol. The molecule has 0 aliphatic carbocycles. The molecule has 0 saturated heterocycles. The maximum Gasteiger partial charge on any atom is 0.408 e. The summed E-state index contributed by atoms with van der Waals surface area (Å²) in [5, 5.41) is 5.57. The monoisotopic (exact) mass is 489 g/mol. The normalized spacial score (nSPS) is 12.7. The molecule has 34 heavy (non-hydrogen) atoms. The van der Waals surface area contributed by atoms with Crippen LogP contribution in [0.2, 0.25) is 0 Å². The van der Waals surface area contributed by atoms with Gasteiger partial charge in [0.05, 0.1) is 0 Å². The molecule has 1 aromatic rings. The molecule has 8 heteroatoms. The van der Waals surface area contributed by atoms with Gasteiger partial charge in [0.1, 0.15) is 17.7 Å². The molecule has 7 nitrogen and oxygen atoms in total. The van der Waals surface area contributed by atoms with Gasteiger partial charge in [-0.05, 0) is 63.7 Å². The number of carbonyl (C=O) groups excluding carboxylic acids is 3. The molecule has 0 aliphatic heterocycles. The molecule has 0 radical (unpaired) electrons. The van der Waals surface area contributed by atoms with Crippen LogP contribution in [0.1, 0.15) is 70.5 Å². The van der Waals surface area contributed by atoms with Crippen molar-refractivity contribution in [2.24, 2.45) is 0 Å². The second kappa shape index (κ2) is 14.6. The first kappa shape index (κ1) is 29.4. The minimum absolute atomic E-state index is 0.343. The van der Waals surface area contributed by atoms with Crippen molar-refractivity contribution in [3.8, 4) is 12.5 Å². The van der Waals surface area contributed by atoms with E-state index >= 15 is 0 Å². The molecule has 1 aromatic carbocycles. The number of hydrogen-bond donors (Lipinski definition) is 2. The van der Waals surface area contributed by atoms with E-state index in [2.05, 4.69) is 23.6 Å². The number of nitrogens with one attached hydrogen (secondary N) is 2. The maximum absolute atomic E-state index is 13.6. The van der Waals surface area contributed by atoms with Crippen LogP contribution in [0.4, 0.5) is 4.79 Å². The molecule has 0 saturated carbocycles. The predicted molar refractivity (Wildman–Crippen MR) is 138 cm³/mol. The SMILES string of the molecule is C#CN(C(=O)C(CCSC)NC(=O)OC(C)(C)C)C(C(=O)NCCCCC)c1ccccc1C. The first-order valence-corrected chi connectivity index (χ1v) is 13.1. The van der Waals surface area contributed by atoms with Crippen LogP contribution in [-0.2, 0) is 14.3 Å². The first-order valence-electron chi connectivity index (χ1n) is 11.7. The highest BCUT2D eigenvalue weighted by Gasteiger charge is 2.36. The molecule has 0 heterocycles. The number of unbranched alkanes of at least 4 members (excludes halogenated alkanes) is 2. The van der Waals surface area contributed by atoms with Crippen LogP contribution in [0.25, 0.3) is 0 Å². The summed E-state index contributed by atoms with van der Waals surface area (Å²) in [7, 11) is 0. The van der Waals surface area contributed by atoms with Crippen LogP contribution in [0, 0.1) is 19.4 Å². The average Bonchev–Trinajstić information content (AvgIpc) is 2.76. The molecule has 3 amide bonds. The Morgan fingerprint density at radius 1 is 1.21 bits per heavy atom. The van der Waals surface area contributed by atoms with Crippen LogP contribution < -0.4 is 10.6 Å². The summed E-state index contributed by atoms with van der Waals surface area (Å²) in [5.41, 5.74) is 0.762. The van der Waals surface area contributed by atoms with Crippen LogP contribution in [0.5, 0.6) is 0 Å². The van der Waals surface area contributed by atoms with E-state index in [0.29, 0.717) is 24.3 Å². The van der Waals surface area contributed by atoms with E-state index in [1.54, 1.807) is 38.6 Å². The van der Waals surface area contributed by atoms with E-state index in [1.807, 2.05) is 31.4 Å². The Kier molecular flexibility index (Phi) is 12.6. The number of nitrogens with zero attached hydrogens (tertiary/aromatic N) is 1. The van der Waals surface area contributed by atoms with Crippen molar-refractivity contribution < 1.29 is 19.1 Å². The lowest BCUT2D eigenvalue weighted by molar-refractivity contribution is -0.138. The van der Waals surface area contributed by atoms with Gasteiger partial charge in [-0.25, -0.2) is 4.79 Å². The van der Waals surface area contributed by atoms with Gasteiger partial charge in [0, 0.05) is 12.6 Å². The number of alkyl carbamates (subject to hydrolysis) is 1. The van der Waals surface area contributed by atoms with E-state index in [-0.39, 0.29) is 5.91 Å². The minimum Gasteiger partial charge on any atom is -0.444 e. The summed E-state index contributed by atoms with van der Waals surface area (Å²) in [6.07, 6.45) is 10.2. The molecule has 2 unspecified atom stereocenters. The van der Waals surface area contributed by atoms with Crippen LogP contribution in [-0.4, -0.2) is 53.0 Å². The lowest BCUT2D eigenvalue weighted by atomic mass is 9.98. The Morgan fingerprint density at radius 2 is 1.88 bits per heavy atom. The van der Waals surface area contributed by atoms with Gasteiger partial charge in [0.25, 0.3) is 5.91 Å². The topological polar surface area (TPSA) is 87.7 Å². The summed E-state index contributed by atoms with van der Waals surface area (Å²) in [4.78, 5) is 40.4. The lowest BCUT2D eigenvalue weighted by Crippen LogP contribution is -2.51. The highest BCUT2D eigenvalue weighted by Crippen LogP contribution is 2.25. The Bertz CT molecular complexity index is 860. The number of rotatable bonds is 12. The standard InChI is InChI=1S/C26H39N3O4S/c1-8-10-13-17-27-23(30)22(20-15-12-11-14-19(20)3)29(9-2)24(31)21(16-18-34-7)28-25(32)33-26(4,5)6/h2,11-12,14-15,21-22H,8,10,13,16-18H2,1,3-7H3,(H,27,30)(H,28,32). The van der Waals surface area contributed by atoms with Gasteiger partial charge in [-0.1, -0.05) is 50.5 Å². The number of carbonyl (C=O) groups is 3. The number of amides is 3. The molecule has 0 fully saturated rings. The second-order valence-corrected chi connectivity index (χ2v) is 10.1. The molecule has 0 aliphatic rings. The van der Waals surface area contributed by atoms with Gasteiger partial charge in [0.15, 0.2) is 0 Å². The fourth-order valence-corrected chi connectivity index (χ4v) is 3.82. The zero-order chi connectivity index (χ0) is 25.7. The third-order valence-corrected chi connectivity index (χ3v) is 5.69. The third kappa shape index (κ3) is 9.68. The van der Waals surface area contributed by atoms with Crippen LogP contribution in [0.15, 0.2) is 24.3 Å².